The maximum absolute atomic E-state index is 6.83. The number of nitrogens with zero attached hydrogens (tertiary/aromatic N) is 2. The summed E-state index contributed by atoms with van der Waals surface area (Å²) >= 11 is 6.83. The van der Waals surface area contributed by atoms with Crippen molar-refractivity contribution in [1.29, 1.82) is 0 Å². The van der Waals surface area contributed by atoms with Crippen LogP contribution < -0.4 is 9.34 Å². The van der Waals surface area contributed by atoms with E-state index in [9.17, 15) is 0 Å². The van der Waals surface area contributed by atoms with Crippen molar-refractivity contribution in [3.8, 4) is 0 Å². The standard InChI is InChI=1S/C16H18ClN2P/c1-14-12-13-18(15-8-4-2-5-9-15)20(17)19(14)16-10-6-3-7-11-16/h2-11,14H,12-13H2,1H3. The van der Waals surface area contributed by atoms with Crippen LogP contribution in [0.25, 0.3) is 0 Å². The topological polar surface area (TPSA) is 6.48 Å². The minimum absolute atomic E-state index is 0.473. The average molecular weight is 305 g/mol. The van der Waals surface area contributed by atoms with E-state index < -0.39 is 7.58 Å². The SMILES string of the molecule is CC1CCN(c2ccccc2)P(Cl)N1c1ccccc1. The molecule has 3 rings (SSSR count). The molecule has 2 aromatic carbocycles. The predicted octanol–water partition coefficient (Wildman–Crippen LogP) is 5.26. The normalized spacial score (nSPS) is 22.9. The Bertz CT molecular complexity index is 549. The van der Waals surface area contributed by atoms with Gasteiger partial charge in [0.1, 0.15) is 0 Å². The van der Waals surface area contributed by atoms with Gasteiger partial charge in [-0.2, -0.15) is 0 Å². The Hall–Kier alpha value is -1.24. The van der Waals surface area contributed by atoms with Crippen molar-refractivity contribution in [2.75, 3.05) is 15.9 Å². The second-order valence-electron chi connectivity index (χ2n) is 5.02. The van der Waals surface area contributed by atoms with Crippen molar-refractivity contribution < 1.29 is 0 Å². The van der Waals surface area contributed by atoms with E-state index in [1.165, 1.54) is 11.4 Å². The summed E-state index contributed by atoms with van der Waals surface area (Å²) in [5.74, 6) is 0. The molecule has 0 amide bonds. The summed E-state index contributed by atoms with van der Waals surface area (Å²) < 4.78 is 4.68. The molecule has 0 spiro atoms. The average Bonchev–Trinajstić information content (AvgIpc) is 2.49. The summed E-state index contributed by atoms with van der Waals surface area (Å²) in [5, 5.41) is 0. The molecule has 4 heteroatoms. The highest BCUT2D eigenvalue weighted by atomic mass is 35.7. The molecule has 1 saturated heterocycles. The number of hydrogen-bond donors (Lipinski definition) is 0. The minimum Gasteiger partial charge on any atom is -0.321 e. The lowest BCUT2D eigenvalue weighted by Crippen LogP contribution is -2.40. The maximum Gasteiger partial charge on any atom is 0.197 e. The fourth-order valence-electron chi connectivity index (χ4n) is 2.55. The maximum atomic E-state index is 6.83. The third-order valence-electron chi connectivity index (χ3n) is 3.63. The van der Waals surface area contributed by atoms with Gasteiger partial charge in [-0.3, -0.25) is 0 Å². The van der Waals surface area contributed by atoms with Gasteiger partial charge in [0, 0.05) is 24.0 Å². The molecule has 0 N–H and O–H groups in total. The van der Waals surface area contributed by atoms with Gasteiger partial charge in [0.2, 0.25) is 0 Å². The van der Waals surface area contributed by atoms with E-state index in [1.807, 2.05) is 12.1 Å². The Morgan fingerprint density at radius 3 is 2.10 bits per heavy atom. The van der Waals surface area contributed by atoms with Crippen molar-refractivity contribution in [2.24, 2.45) is 0 Å². The molecule has 1 aliphatic rings. The van der Waals surface area contributed by atoms with Gasteiger partial charge in [-0.15, -0.1) is 0 Å². The second-order valence-corrected chi connectivity index (χ2v) is 7.32. The van der Waals surface area contributed by atoms with E-state index in [1.54, 1.807) is 0 Å². The number of rotatable bonds is 2. The van der Waals surface area contributed by atoms with Crippen molar-refractivity contribution in [1.82, 2.24) is 0 Å². The molecule has 2 unspecified atom stereocenters. The third-order valence-corrected chi connectivity index (χ3v) is 6.47. The number of halogens is 1. The molecule has 0 bridgehead atoms. The van der Waals surface area contributed by atoms with Crippen molar-refractivity contribution in [2.45, 2.75) is 19.4 Å². The Balaban J connectivity index is 1.90. The van der Waals surface area contributed by atoms with E-state index >= 15 is 0 Å². The quantitative estimate of drug-likeness (QED) is 0.698. The zero-order chi connectivity index (χ0) is 13.9. The molecule has 0 radical (unpaired) electrons. The first-order valence-electron chi connectivity index (χ1n) is 6.90. The first kappa shape index (κ1) is 13.7. The summed E-state index contributed by atoms with van der Waals surface area (Å²) in [4.78, 5) is 0. The Labute approximate surface area is 126 Å². The van der Waals surface area contributed by atoms with Crippen molar-refractivity contribution in [3.63, 3.8) is 0 Å². The molecule has 2 nitrogen and oxygen atoms in total. The number of benzene rings is 2. The van der Waals surface area contributed by atoms with E-state index in [4.69, 9.17) is 11.2 Å². The zero-order valence-corrected chi connectivity index (χ0v) is 13.1. The van der Waals surface area contributed by atoms with Gasteiger partial charge in [-0.1, -0.05) is 36.4 Å². The van der Waals surface area contributed by atoms with Crippen LogP contribution >= 0.6 is 18.8 Å². The van der Waals surface area contributed by atoms with Gasteiger partial charge in [0.15, 0.2) is 7.58 Å². The smallest absolute Gasteiger partial charge is 0.197 e. The molecule has 1 aliphatic heterocycles. The molecule has 0 saturated carbocycles. The molecule has 0 aromatic heterocycles. The van der Waals surface area contributed by atoms with Crippen LogP contribution in [0.15, 0.2) is 60.7 Å². The fourth-order valence-corrected chi connectivity index (χ4v) is 5.35. The molecule has 20 heavy (non-hydrogen) atoms. The Kier molecular flexibility index (Phi) is 4.14. The second kappa shape index (κ2) is 6.03. The molecular formula is C16H18ClN2P. The van der Waals surface area contributed by atoms with Gasteiger partial charge in [-0.25, -0.2) is 0 Å². The molecule has 104 valence electrons. The summed E-state index contributed by atoms with van der Waals surface area (Å²) in [7, 11) is -0.872. The van der Waals surface area contributed by atoms with Gasteiger partial charge in [0.25, 0.3) is 0 Å². The van der Waals surface area contributed by atoms with Gasteiger partial charge >= 0.3 is 0 Å². The molecule has 1 heterocycles. The molecule has 2 aromatic rings. The third kappa shape index (κ3) is 2.63. The molecule has 2 atom stereocenters. The number of hydrogen-bond acceptors (Lipinski definition) is 2. The van der Waals surface area contributed by atoms with Crippen LogP contribution in [0.4, 0.5) is 11.4 Å². The van der Waals surface area contributed by atoms with Crippen molar-refractivity contribution in [3.05, 3.63) is 60.7 Å². The van der Waals surface area contributed by atoms with Gasteiger partial charge < -0.3 is 9.34 Å². The first-order valence-corrected chi connectivity index (χ1v) is 9.05. The van der Waals surface area contributed by atoms with E-state index in [0.717, 1.165) is 13.0 Å². The first-order chi connectivity index (χ1) is 9.77. The van der Waals surface area contributed by atoms with Gasteiger partial charge in [-0.05, 0) is 48.9 Å². The highest BCUT2D eigenvalue weighted by molar-refractivity contribution is 7.86. The van der Waals surface area contributed by atoms with Crippen LogP contribution in [0.1, 0.15) is 13.3 Å². The van der Waals surface area contributed by atoms with Crippen molar-refractivity contribution >= 4 is 30.2 Å². The van der Waals surface area contributed by atoms with E-state index in [0.29, 0.717) is 6.04 Å². The van der Waals surface area contributed by atoms with Gasteiger partial charge in [0.05, 0.1) is 0 Å². The molecule has 1 fully saturated rings. The monoisotopic (exact) mass is 304 g/mol. The highest BCUT2D eigenvalue weighted by Crippen LogP contribution is 2.57. The minimum atomic E-state index is -0.872. The fraction of sp³-hybridized carbons (Fsp3) is 0.250. The lowest BCUT2D eigenvalue weighted by Gasteiger charge is -2.45. The molecule has 0 aliphatic carbocycles. The van der Waals surface area contributed by atoms with Crippen LogP contribution in [-0.4, -0.2) is 12.6 Å². The number of para-hydroxylation sites is 2. The van der Waals surface area contributed by atoms with Crippen LogP contribution in [0.5, 0.6) is 0 Å². The largest absolute Gasteiger partial charge is 0.321 e. The molecular weight excluding hydrogens is 287 g/mol. The Morgan fingerprint density at radius 2 is 1.50 bits per heavy atom. The van der Waals surface area contributed by atoms with E-state index in [-0.39, 0.29) is 0 Å². The van der Waals surface area contributed by atoms with Crippen LogP contribution in [0, 0.1) is 0 Å². The summed E-state index contributed by atoms with van der Waals surface area (Å²) in [6.07, 6.45) is 1.12. The summed E-state index contributed by atoms with van der Waals surface area (Å²) in [6.45, 7) is 3.27. The highest BCUT2D eigenvalue weighted by Gasteiger charge is 2.33. The number of anilines is 2. The summed E-state index contributed by atoms with van der Waals surface area (Å²) in [5.41, 5.74) is 2.42. The zero-order valence-electron chi connectivity index (χ0n) is 11.5. The van der Waals surface area contributed by atoms with Crippen LogP contribution in [0.2, 0.25) is 0 Å². The predicted molar refractivity (Wildman–Crippen MR) is 89.6 cm³/mol. The Morgan fingerprint density at radius 1 is 0.950 bits per heavy atom. The lowest BCUT2D eigenvalue weighted by atomic mass is 10.2. The van der Waals surface area contributed by atoms with Crippen LogP contribution in [-0.2, 0) is 0 Å². The lowest BCUT2D eigenvalue weighted by molar-refractivity contribution is 0.655. The van der Waals surface area contributed by atoms with E-state index in [2.05, 4.69) is 64.8 Å². The summed E-state index contributed by atoms with van der Waals surface area (Å²) in [6, 6.07) is 21.4. The van der Waals surface area contributed by atoms with Crippen LogP contribution in [0.3, 0.4) is 0 Å².